The summed E-state index contributed by atoms with van der Waals surface area (Å²) in [6.45, 7) is 0.915. The number of carbonyl (C=O) groups excluding carboxylic acids is 3. The number of nitrogens with zero attached hydrogens (tertiary/aromatic N) is 3. The lowest BCUT2D eigenvalue weighted by Gasteiger charge is -2.36. The monoisotopic (exact) mass is 436 g/mol. The van der Waals surface area contributed by atoms with Crippen molar-refractivity contribution in [1.82, 2.24) is 20.1 Å². The molecule has 1 aromatic carbocycles. The highest BCUT2D eigenvalue weighted by molar-refractivity contribution is 6.05. The Morgan fingerprint density at radius 3 is 2.72 bits per heavy atom. The predicted molar refractivity (Wildman–Crippen MR) is 118 cm³/mol. The molecule has 2 saturated heterocycles. The van der Waals surface area contributed by atoms with Crippen LogP contribution in [0.3, 0.4) is 0 Å². The number of carbonyl (C=O) groups is 3. The summed E-state index contributed by atoms with van der Waals surface area (Å²) in [5, 5.41) is 2.69. The van der Waals surface area contributed by atoms with Gasteiger partial charge < -0.3 is 15.0 Å². The molecule has 4 amide bonds. The Labute approximate surface area is 187 Å². The summed E-state index contributed by atoms with van der Waals surface area (Å²) >= 11 is 0. The lowest BCUT2D eigenvalue weighted by molar-refractivity contribution is -0.138. The van der Waals surface area contributed by atoms with Crippen LogP contribution in [0.2, 0.25) is 0 Å². The number of urea groups is 1. The molecule has 2 fully saturated rings. The first kappa shape index (κ1) is 21.8. The van der Waals surface area contributed by atoms with Gasteiger partial charge in [-0.15, -0.1) is 0 Å². The first-order valence-corrected chi connectivity index (χ1v) is 11.0. The van der Waals surface area contributed by atoms with E-state index < -0.39 is 12.1 Å². The average Bonchev–Trinajstić information content (AvgIpc) is 3.10. The van der Waals surface area contributed by atoms with Crippen LogP contribution in [0.15, 0.2) is 48.8 Å². The highest BCUT2D eigenvalue weighted by atomic mass is 16.5. The first-order chi connectivity index (χ1) is 15.6. The van der Waals surface area contributed by atoms with Crippen LogP contribution in [0, 0.1) is 0 Å². The summed E-state index contributed by atoms with van der Waals surface area (Å²) in [7, 11) is 1.60. The number of ether oxygens (including phenoxy) is 1. The standard InChI is InChI=1S/C24H28N4O4/c1-32-19-9-7-17(8-10-19)11-14-28-23(30)20(26-24(28)31)15-22(29)27-13-3-2-6-21(27)18-5-4-12-25-16-18/h4-5,7-10,12,16,20-21H,2-3,6,11,13-15H2,1H3,(H,26,31)/t20?,21-/m0/s1. The van der Waals surface area contributed by atoms with Gasteiger partial charge in [0.15, 0.2) is 0 Å². The quantitative estimate of drug-likeness (QED) is 0.674. The number of likely N-dealkylation sites (tertiary alicyclic amines) is 1. The van der Waals surface area contributed by atoms with Gasteiger partial charge in [0, 0.05) is 25.5 Å². The summed E-state index contributed by atoms with van der Waals surface area (Å²) in [4.78, 5) is 45.6. The van der Waals surface area contributed by atoms with Crippen LogP contribution in [0.25, 0.3) is 0 Å². The van der Waals surface area contributed by atoms with Crippen molar-refractivity contribution in [2.24, 2.45) is 0 Å². The highest BCUT2D eigenvalue weighted by Crippen LogP contribution is 2.31. The van der Waals surface area contributed by atoms with Gasteiger partial charge >= 0.3 is 6.03 Å². The maximum atomic E-state index is 13.1. The molecule has 32 heavy (non-hydrogen) atoms. The Bertz CT molecular complexity index is 964. The van der Waals surface area contributed by atoms with Crippen molar-refractivity contribution in [2.75, 3.05) is 20.2 Å². The minimum Gasteiger partial charge on any atom is -0.497 e. The first-order valence-electron chi connectivity index (χ1n) is 11.0. The van der Waals surface area contributed by atoms with E-state index in [-0.39, 0.29) is 30.8 Å². The van der Waals surface area contributed by atoms with Gasteiger partial charge in [0.25, 0.3) is 5.91 Å². The second-order valence-electron chi connectivity index (χ2n) is 8.18. The number of aromatic nitrogens is 1. The van der Waals surface area contributed by atoms with Gasteiger partial charge in [-0.05, 0) is 55.0 Å². The van der Waals surface area contributed by atoms with Gasteiger partial charge in [-0.25, -0.2) is 4.79 Å². The zero-order valence-electron chi connectivity index (χ0n) is 18.2. The number of methoxy groups -OCH3 is 1. The normalized spacial score (nSPS) is 20.9. The molecule has 1 N–H and O–H groups in total. The third-order valence-corrected chi connectivity index (χ3v) is 6.16. The molecule has 8 nitrogen and oxygen atoms in total. The molecular weight excluding hydrogens is 408 g/mol. The predicted octanol–water partition coefficient (Wildman–Crippen LogP) is 2.70. The molecular formula is C24H28N4O4. The van der Waals surface area contributed by atoms with Crippen molar-refractivity contribution in [3.05, 3.63) is 59.9 Å². The van der Waals surface area contributed by atoms with Crippen LogP contribution < -0.4 is 10.1 Å². The van der Waals surface area contributed by atoms with E-state index in [2.05, 4.69) is 10.3 Å². The summed E-state index contributed by atoms with van der Waals surface area (Å²) < 4.78 is 5.15. The van der Waals surface area contributed by atoms with Crippen molar-refractivity contribution < 1.29 is 19.1 Å². The van der Waals surface area contributed by atoms with Crippen molar-refractivity contribution in [2.45, 2.75) is 44.2 Å². The van der Waals surface area contributed by atoms with Crippen LogP contribution in [0.4, 0.5) is 4.79 Å². The van der Waals surface area contributed by atoms with Crippen LogP contribution in [0.5, 0.6) is 5.75 Å². The summed E-state index contributed by atoms with van der Waals surface area (Å²) in [5.74, 6) is 0.297. The van der Waals surface area contributed by atoms with Gasteiger partial charge in [-0.1, -0.05) is 18.2 Å². The Morgan fingerprint density at radius 1 is 1.19 bits per heavy atom. The molecule has 2 aliphatic heterocycles. The fraction of sp³-hybridized carbons (Fsp3) is 0.417. The van der Waals surface area contributed by atoms with E-state index in [0.29, 0.717) is 13.0 Å². The molecule has 3 heterocycles. The maximum Gasteiger partial charge on any atom is 0.324 e. The average molecular weight is 437 g/mol. The maximum absolute atomic E-state index is 13.1. The summed E-state index contributed by atoms with van der Waals surface area (Å²) in [5.41, 5.74) is 2.00. The smallest absolute Gasteiger partial charge is 0.324 e. The second kappa shape index (κ2) is 9.80. The largest absolute Gasteiger partial charge is 0.497 e. The molecule has 4 rings (SSSR count). The molecule has 2 aromatic rings. The molecule has 168 valence electrons. The molecule has 0 aliphatic carbocycles. The number of piperidine rings is 1. The number of hydrogen-bond acceptors (Lipinski definition) is 5. The fourth-order valence-corrected chi connectivity index (χ4v) is 4.40. The van der Waals surface area contributed by atoms with Crippen LogP contribution >= 0.6 is 0 Å². The molecule has 1 unspecified atom stereocenters. The number of benzene rings is 1. The minimum atomic E-state index is -0.817. The van der Waals surface area contributed by atoms with Crippen molar-refractivity contribution in [3.8, 4) is 5.75 Å². The highest BCUT2D eigenvalue weighted by Gasteiger charge is 2.40. The van der Waals surface area contributed by atoms with E-state index in [4.69, 9.17) is 4.74 Å². The number of imide groups is 1. The molecule has 0 spiro atoms. The molecule has 8 heteroatoms. The third-order valence-electron chi connectivity index (χ3n) is 6.16. The van der Waals surface area contributed by atoms with Gasteiger partial charge in [-0.2, -0.15) is 0 Å². The molecule has 1 aromatic heterocycles. The molecule has 0 bridgehead atoms. The van der Waals surface area contributed by atoms with Crippen LogP contribution in [-0.4, -0.2) is 58.9 Å². The van der Waals surface area contributed by atoms with Crippen molar-refractivity contribution >= 4 is 17.8 Å². The SMILES string of the molecule is COc1ccc(CCN2C(=O)NC(CC(=O)N3CCCC[C@H]3c3cccnc3)C2=O)cc1. The lowest BCUT2D eigenvalue weighted by atomic mass is 9.95. The fourth-order valence-electron chi connectivity index (χ4n) is 4.40. The topological polar surface area (TPSA) is 91.8 Å². The van der Waals surface area contributed by atoms with E-state index in [1.54, 1.807) is 19.5 Å². The van der Waals surface area contributed by atoms with E-state index in [1.807, 2.05) is 41.3 Å². The Kier molecular flexibility index (Phi) is 6.68. The molecule has 2 atom stereocenters. The van der Waals surface area contributed by atoms with Crippen LogP contribution in [0.1, 0.15) is 42.9 Å². The zero-order valence-corrected chi connectivity index (χ0v) is 18.2. The van der Waals surface area contributed by atoms with E-state index in [0.717, 1.165) is 36.1 Å². The molecule has 0 saturated carbocycles. The minimum absolute atomic E-state index is 0.0274. The Balaban J connectivity index is 1.37. The molecule has 0 radical (unpaired) electrons. The molecule has 2 aliphatic rings. The summed E-state index contributed by atoms with van der Waals surface area (Å²) in [6.07, 6.45) is 6.87. The van der Waals surface area contributed by atoms with E-state index >= 15 is 0 Å². The van der Waals surface area contributed by atoms with Gasteiger partial charge in [0.05, 0.1) is 19.6 Å². The van der Waals surface area contributed by atoms with Gasteiger partial charge in [0.2, 0.25) is 5.91 Å². The van der Waals surface area contributed by atoms with Crippen LogP contribution in [-0.2, 0) is 16.0 Å². The summed E-state index contributed by atoms with van der Waals surface area (Å²) in [6, 6.07) is 10.1. The number of pyridine rings is 1. The number of nitrogens with one attached hydrogen (secondary N) is 1. The van der Waals surface area contributed by atoms with Crippen molar-refractivity contribution in [1.29, 1.82) is 0 Å². The number of hydrogen-bond donors (Lipinski definition) is 1. The van der Waals surface area contributed by atoms with Gasteiger partial charge in [-0.3, -0.25) is 19.5 Å². The lowest BCUT2D eigenvalue weighted by Crippen LogP contribution is -2.43. The third kappa shape index (κ3) is 4.74. The van der Waals surface area contributed by atoms with E-state index in [1.165, 1.54) is 4.90 Å². The van der Waals surface area contributed by atoms with E-state index in [9.17, 15) is 14.4 Å². The number of amides is 4. The Morgan fingerprint density at radius 2 is 2.00 bits per heavy atom. The number of rotatable bonds is 7. The Hall–Kier alpha value is -3.42. The van der Waals surface area contributed by atoms with Gasteiger partial charge in [0.1, 0.15) is 11.8 Å². The van der Waals surface area contributed by atoms with Crippen molar-refractivity contribution in [3.63, 3.8) is 0 Å². The second-order valence-corrected chi connectivity index (χ2v) is 8.18. The zero-order chi connectivity index (χ0) is 22.5.